The highest BCUT2D eigenvalue weighted by Crippen LogP contribution is 2.08. The SMILES string of the molecule is Clc1ccc(Cl)nc1.OB(O)O. The highest BCUT2D eigenvalue weighted by molar-refractivity contribution is 6.32. The fourth-order valence-electron chi connectivity index (χ4n) is 0.358. The van der Waals surface area contributed by atoms with Crippen LogP contribution in [-0.4, -0.2) is 27.4 Å². The van der Waals surface area contributed by atoms with Crippen molar-refractivity contribution in [3.63, 3.8) is 0 Å². The van der Waals surface area contributed by atoms with E-state index in [4.69, 9.17) is 38.3 Å². The molecule has 0 radical (unpaired) electrons. The molecule has 1 rings (SSSR count). The van der Waals surface area contributed by atoms with Gasteiger partial charge in [-0.2, -0.15) is 0 Å². The normalized spacial score (nSPS) is 8.42. The van der Waals surface area contributed by atoms with Crippen LogP contribution in [0.15, 0.2) is 18.3 Å². The van der Waals surface area contributed by atoms with Crippen molar-refractivity contribution in [1.29, 1.82) is 0 Å². The van der Waals surface area contributed by atoms with Crippen LogP contribution in [0.2, 0.25) is 10.2 Å². The molecular weight excluding hydrogens is 204 g/mol. The summed E-state index contributed by atoms with van der Waals surface area (Å²) in [5, 5.41) is 22.6. The Labute approximate surface area is 79.6 Å². The quantitative estimate of drug-likeness (QED) is 0.426. The fourth-order valence-corrected chi connectivity index (χ4v) is 0.581. The molecule has 0 bridgehead atoms. The average Bonchev–Trinajstić information content (AvgIpc) is 1.94. The van der Waals surface area contributed by atoms with Gasteiger partial charge in [0.1, 0.15) is 5.15 Å². The Morgan fingerprint density at radius 3 is 1.92 bits per heavy atom. The van der Waals surface area contributed by atoms with Gasteiger partial charge in [-0.3, -0.25) is 0 Å². The number of aromatic nitrogens is 1. The molecule has 4 nitrogen and oxygen atoms in total. The molecule has 12 heavy (non-hydrogen) atoms. The summed E-state index contributed by atoms with van der Waals surface area (Å²) in [5.41, 5.74) is 0. The Morgan fingerprint density at radius 1 is 1.17 bits per heavy atom. The Hall–Kier alpha value is -0.325. The maximum Gasteiger partial charge on any atom is 0.631 e. The van der Waals surface area contributed by atoms with E-state index in [0.717, 1.165) is 0 Å². The number of hydrogen-bond acceptors (Lipinski definition) is 4. The van der Waals surface area contributed by atoms with Crippen LogP contribution in [0.3, 0.4) is 0 Å². The molecule has 3 N–H and O–H groups in total. The summed E-state index contributed by atoms with van der Waals surface area (Å²) in [6.45, 7) is 0. The number of halogens is 2. The second-order valence-corrected chi connectivity index (χ2v) is 2.47. The number of pyridine rings is 1. The van der Waals surface area contributed by atoms with Crippen molar-refractivity contribution in [3.05, 3.63) is 28.5 Å². The van der Waals surface area contributed by atoms with Gasteiger partial charge < -0.3 is 15.1 Å². The summed E-state index contributed by atoms with van der Waals surface area (Å²) in [6.07, 6.45) is 1.50. The van der Waals surface area contributed by atoms with Crippen molar-refractivity contribution < 1.29 is 15.1 Å². The van der Waals surface area contributed by atoms with Crippen molar-refractivity contribution in [2.24, 2.45) is 0 Å². The zero-order chi connectivity index (χ0) is 9.56. The Balaban J connectivity index is 0.000000261. The van der Waals surface area contributed by atoms with Gasteiger partial charge >= 0.3 is 7.32 Å². The lowest BCUT2D eigenvalue weighted by Gasteiger charge is -1.85. The minimum Gasteiger partial charge on any atom is -0.402 e. The lowest BCUT2D eigenvalue weighted by molar-refractivity contribution is 0.278. The van der Waals surface area contributed by atoms with Crippen LogP contribution in [0.5, 0.6) is 0 Å². The first kappa shape index (κ1) is 11.7. The molecule has 0 aromatic carbocycles. The molecule has 0 atom stereocenters. The Kier molecular flexibility index (Phi) is 6.05. The maximum absolute atomic E-state index is 7.17. The Morgan fingerprint density at radius 2 is 1.67 bits per heavy atom. The molecule has 0 unspecified atom stereocenters. The molecule has 1 aromatic rings. The first-order valence-electron chi connectivity index (χ1n) is 2.83. The molecule has 7 heteroatoms. The van der Waals surface area contributed by atoms with Gasteiger partial charge in [-0.1, -0.05) is 23.2 Å². The second-order valence-electron chi connectivity index (χ2n) is 1.65. The number of hydrogen-bond donors (Lipinski definition) is 3. The largest absolute Gasteiger partial charge is 0.631 e. The van der Waals surface area contributed by atoms with Gasteiger partial charge in [0.25, 0.3) is 0 Å². The van der Waals surface area contributed by atoms with E-state index in [1.807, 2.05) is 0 Å². The van der Waals surface area contributed by atoms with Gasteiger partial charge in [0.15, 0.2) is 0 Å². The molecular formula is C5H6BCl2NO3. The molecule has 1 aromatic heterocycles. The van der Waals surface area contributed by atoms with Crippen molar-refractivity contribution in [2.45, 2.75) is 0 Å². The lowest BCUT2D eigenvalue weighted by Crippen LogP contribution is -2.07. The van der Waals surface area contributed by atoms with Crippen LogP contribution >= 0.6 is 23.2 Å². The predicted molar refractivity (Wildman–Crippen MR) is 46.7 cm³/mol. The van der Waals surface area contributed by atoms with Gasteiger partial charge in [-0.15, -0.1) is 0 Å². The summed E-state index contributed by atoms with van der Waals surface area (Å²) >= 11 is 10.9. The van der Waals surface area contributed by atoms with E-state index in [2.05, 4.69) is 4.98 Å². The van der Waals surface area contributed by atoms with Gasteiger partial charge in [-0.05, 0) is 12.1 Å². The zero-order valence-electron chi connectivity index (χ0n) is 5.85. The van der Waals surface area contributed by atoms with Gasteiger partial charge in [0.05, 0.1) is 5.02 Å². The van der Waals surface area contributed by atoms with Crippen molar-refractivity contribution in [2.75, 3.05) is 0 Å². The third kappa shape index (κ3) is 7.78. The number of nitrogens with zero attached hydrogens (tertiary/aromatic N) is 1. The summed E-state index contributed by atoms with van der Waals surface area (Å²) < 4.78 is 0. The van der Waals surface area contributed by atoms with E-state index >= 15 is 0 Å². The standard InChI is InChI=1S/C5H3Cl2N.BH3O3/c6-4-1-2-5(7)8-3-4;2-1(3)4/h1-3H;2-4H. The third-order valence-corrected chi connectivity index (χ3v) is 1.14. The highest BCUT2D eigenvalue weighted by Gasteiger charge is 1.92. The maximum atomic E-state index is 7.17. The van der Waals surface area contributed by atoms with E-state index < -0.39 is 7.32 Å². The van der Waals surface area contributed by atoms with Crippen molar-refractivity contribution in [1.82, 2.24) is 4.98 Å². The van der Waals surface area contributed by atoms with Gasteiger partial charge in [0.2, 0.25) is 0 Å². The molecule has 0 aliphatic rings. The molecule has 66 valence electrons. The van der Waals surface area contributed by atoms with Crippen LogP contribution in [0.4, 0.5) is 0 Å². The molecule has 0 amide bonds. The lowest BCUT2D eigenvalue weighted by atomic mass is 10.3. The molecule has 0 aliphatic heterocycles. The van der Waals surface area contributed by atoms with Crippen LogP contribution in [0.1, 0.15) is 0 Å². The molecule has 0 saturated heterocycles. The monoisotopic (exact) mass is 209 g/mol. The van der Waals surface area contributed by atoms with Gasteiger partial charge in [-0.25, -0.2) is 4.98 Å². The summed E-state index contributed by atoms with van der Waals surface area (Å²) in [7, 11) is -2.17. The van der Waals surface area contributed by atoms with E-state index in [-0.39, 0.29) is 0 Å². The van der Waals surface area contributed by atoms with E-state index in [9.17, 15) is 0 Å². The van der Waals surface area contributed by atoms with Gasteiger partial charge in [0, 0.05) is 6.20 Å². The topological polar surface area (TPSA) is 73.6 Å². The number of rotatable bonds is 0. The average molecular weight is 210 g/mol. The molecule has 0 aliphatic carbocycles. The second kappa shape index (κ2) is 6.22. The van der Waals surface area contributed by atoms with Crippen LogP contribution < -0.4 is 0 Å². The first-order chi connectivity index (χ1) is 5.52. The smallest absolute Gasteiger partial charge is 0.402 e. The van der Waals surface area contributed by atoms with Crippen molar-refractivity contribution >= 4 is 30.5 Å². The van der Waals surface area contributed by atoms with Crippen LogP contribution in [0, 0.1) is 0 Å². The summed E-state index contributed by atoms with van der Waals surface area (Å²) in [5.74, 6) is 0. The van der Waals surface area contributed by atoms with E-state index in [1.54, 1.807) is 12.1 Å². The summed E-state index contributed by atoms with van der Waals surface area (Å²) in [4.78, 5) is 3.71. The van der Waals surface area contributed by atoms with Crippen molar-refractivity contribution in [3.8, 4) is 0 Å². The van der Waals surface area contributed by atoms with Crippen LogP contribution in [-0.2, 0) is 0 Å². The first-order valence-corrected chi connectivity index (χ1v) is 3.59. The zero-order valence-corrected chi connectivity index (χ0v) is 7.37. The minimum atomic E-state index is -2.17. The third-order valence-electron chi connectivity index (χ3n) is 0.691. The predicted octanol–water partition coefficient (Wildman–Crippen LogP) is 0.337. The molecule has 1 heterocycles. The summed E-state index contributed by atoms with van der Waals surface area (Å²) in [6, 6.07) is 3.33. The fraction of sp³-hybridized carbons (Fsp3) is 0. The minimum absolute atomic E-state index is 0.467. The Bertz CT molecular complexity index is 195. The molecule has 0 spiro atoms. The molecule has 0 fully saturated rings. The van der Waals surface area contributed by atoms with Crippen LogP contribution in [0.25, 0.3) is 0 Å². The molecule has 0 saturated carbocycles. The highest BCUT2D eigenvalue weighted by atomic mass is 35.5. The van der Waals surface area contributed by atoms with E-state index in [1.165, 1.54) is 6.20 Å². The van der Waals surface area contributed by atoms with E-state index in [0.29, 0.717) is 10.2 Å².